The first-order chi connectivity index (χ1) is 8.19. The van der Waals surface area contributed by atoms with Gasteiger partial charge in [0.25, 0.3) is 0 Å². The topological polar surface area (TPSA) is 52.5 Å². The van der Waals surface area contributed by atoms with Crippen molar-refractivity contribution in [2.24, 2.45) is 0 Å². The number of aliphatic hydroxyl groups excluding tert-OH is 2. The van der Waals surface area contributed by atoms with Gasteiger partial charge in [0.1, 0.15) is 5.82 Å². The molecule has 0 aliphatic heterocycles. The molecule has 0 spiro atoms. The van der Waals surface area contributed by atoms with Gasteiger partial charge in [0.2, 0.25) is 0 Å². The highest BCUT2D eigenvalue weighted by atomic mass is 19.1. The van der Waals surface area contributed by atoms with Crippen molar-refractivity contribution in [1.82, 2.24) is 0 Å². The summed E-state index contributed by atoms with van der Waals surface area (Å²) in [6, 6.07) is 10.1. The number of nitrogens with one attached hydrogen (secondary N) is 1. The summed E-state index contributed by atoms with van der Waals surface area (Å²) < 4.78 is 13.0. The Bertz CT molecular complexity index is 516. The molecule has 3 nitrogen and oxygen atoms in total. The minimum atomic E-state index is -0.779. The van der Waals surface area contributed by atoms with Gasteiger partial charge in [-0.15, -0.1) is 0 Å². The fraction of sp³-hybridized carbons (Fsp3) is 0.231. The molecule has 2 aromatic carbocycles. The van der Waals surface area contributed by atoms with E-state index in [1.165, 1.54) is 12.1 Å². The number of anilines is 1. The van der Waals surface area contributed by atoms with Gasteiger partial charge >= 0.3 is 0 Å². The van der Waals surface area contributed by atoms with E-state index in [1.807, 2.05) is 18.2 Å². The van der Waals surface area contributed by atoms with Crippen LogP contribution in [0.2, 0.25) is 0 Å². The Hall–Kier alpha value is -1.65. The lowest BCUT2D eigenvalue weighted by atomic mass is 10.1. The minimum absolute atomic E-state index is 0.256. The maximum atomic E-state index is 13.0. The summed E-state index contributed by atoms with van der Waals surface area (Å²) in [6.07, 6.45) is -0.779. The van der Waals surface area contributed by atoms with Crippen molar-refractivity contribution in [3.8, 4) is 0 Å². The van der Waals surface area contributed by atoms with E-state index in [4.69, 9.17) is 5.11 Å². The summed E-state index contributed by atoms with van der Waals surface area (Å²) in [6.45, 7) is 0.00892. The van der Waals surface area contributed by atoms with Gasteiger partial charge in [0.15, 0.2) is 0 Å². The molecule has 90 valence electrons. The number of benzene rings is 2. The number of fused-ring (bicyclic) bond motifs is 1. The van der Waals surface area contributed by atoms with Crippen molar-refractivity contribution >= 4 is 16.5 Å². The van der Waals surface area contributed by atoms with E-state index in [9.17, 15) is 9.50 Å². The molecule has 0 radical (unpaired) electrons. The van der Waals surface area contributed by atoms with E-state index >= 15 is 0 Å². The second kappa shape index (κ2) is 5.12. The Balaban J connectivity index is 2.17. The average molecular weight is 235 g/mol. The molecule has 0 amide bonds. The Morgan fingerprint density at radius 2 is 1.82 bits per heavy atom. The molecule has 2 rings (SSSR count). The van der Waals surface area contributed by atoms with E-state index in [-0.39, 0.29) is 19.0 Å². The normalized spacial score (nSPS) is 12.6. The predicted molar refractivity (Wildman–Crippen MR) is 65.5 cm³/mol. The highest BCUT2D eigenvalue weighted by Gasteiger charge is 2.02. The van der Waals surface area contributed by atoms with Crippen LogP contribution in [0.15, 0.2) is 36.4 Å². The van der Waals surface area contributed by atoms with Gasteiger partial charge in [0.05, 0.1) is 12.7 Å². The highest BCUT2D eigenvalue weighted by molar-refractivity contribution is 5.85. The quantitative estimate of drug-likeness (QED) is 0.756. The fourth-order valence-corrected chi connectivity index (χ4v) is 1.63. The molecule has 0 aromatic heterocycles. The molecule has 4 heteroatoms. The van der Waals surface area contributed by atoms with Crippen LogP contribution in [-0.2, 0) is 0 Å². The lowest BCUT2D eigenvalue weighted by Gasteiger charge is -2.10. The van der Waals surface area contributed by atoms with Crippen molar-refractivity contribution in [3.05, 3.63) is 42.2 Å². The van der Waals surface area contributed by atoms with Crippen LogP contribution in [0.1, 0.15) is 0 Å². The molecule has 3 N–H and O–H groups in total. The van der Waals surface area contributed by atoms with Gasteiger partial charge in [-0.3, -0.25) is 0 Å². The average Bonchev–Trinajstić information content (AvgIpc) is 2.35. The van der Waals surface area contributed by atoms with Gasteiger partial charge in [-0.25, -0.2) is 4.39 Å². The van der Waals surface area contributed by atoms with Crippen LogP contribution in [0.25, 0.3) is 10.8 Å². The van der Waals surface area contributed by atoms with E-state index < -0.39 is 6.10 Å². The van der Waals surface area contributed by atoms with Crippen LogP contribution >= 0.6 is 0 Å². The van der Waals surface area contributed by atoms with Crippen molar-refractivity contribution in [1.29, 1.82) is 0 Å². The molecule has 0 saturated heterocycles. The van der Waals surface area contributed by atoms with Crippen LogP contribution in [0.4, 0.5) is 10.1 Å². The predicted octanol–water partition coefficient (Wildman–Crippen LogP) is 1.74. The third-order valence-corrected chi connectivity index (χ3v) is 2.55. The number of hydrogen-bond acceptors (Lipinski definition) is 3. The van der Waals surface area contributed by atoms with Crippen molar-refractivity contribution in [3.63, 3.8) is 0 Å². The van der Waals surface area contributed by atoms with Crippen molar-refractivity contribution in [2.45, 2.75) is 6.10 Å². The van der Waals surface area contributed by atoms with Crippen LogP contribution in [0.3, 0.4) is 0 Å². The maximum Gasteiger partial charge on any atom is 0.123 e. The summed E-state index contributed by atoms with van der Waals surface area (Å²) in [5.74, 6) is -0.256. The Morgan fingerprint density at radius 1 is 1.12 bits per heavy atom. The summed E-state index contributed by atoms with van der Waals surface area (Å²) >= 11 is 0. The van der Waals surface area contributed by atoms with E-state index in [0.717, 1.165) is 16.5 Å². The number of halogens is 1. The van der Waals surface area contributed by atoms with Gasteiger partial charge in [-0.05, 0) is 35.0 Å². The molecule has 17 heavy (non-hydrogen) atoms. The molecular formula is C13H14FNO2. The van der Waals surface area contributed by atoms with Gasteiger partial charge in [-0.2, -0.15) is 0 Å². The molecule has 0 saturated carbocycles. The molecule has 0 heterocycles. The van der Waals surface area contributed by atoms with Crippen LogP contribution in [0, 0.1) is 5.82 Å². The molecule has 1 unspecified atom stereocenters. The van der Waals surface area contributed by atoms with Crippen LogP contribution in [0.5, 0.6) is 0 Å². The summed E-state index contributed by atoms with van der Waals surface area (Å²) in [5, 5.41) is 22.6. The SMILES string of the molecule is OCC(O)CNc1ccc2cc(F)ccc2c1. The summed E-state index contributed by atoms with van der Waals surface area (Å²) in [4.78, 5) is 0. The molecule has 0 bridgehead atoms. The lowest BCUT2D eigenvalue weighted by Crippen LogP contribution is -2.22. The largest absolute Gasteiger partial charge is 0.394 e. The van der Waals surface area contributed by atoms with Crippen LogP contribution < -0.4 is 5.32 Å². The number of rotatable bonds is 4. The van der Waals surface area contributed by atoms with Gasteiger partial charge in [0, 0.05) is 12.2 Å². The monoisotopic (exact) mass is 235 g/mol. The van der Waals surface area contributed by atoms with Crippen LogP contribution in [-0.4, -0.2) is 29.5 Å². The van der Waals surface area contributed by atoms with E-state index in [2.05, 4.69) is 5.32 Å². The first-order valence-electron chi connectivity index (χ1n) is 5.41. The first-order valence-corrected chi connectivity index (χ1v) is 5.41. The Labute approximate surface area is 98.5 Å². The highest BCUT2D eigenvalue weighted by Crippen LogP contribution is 2.20. The minimum Gasteiger partial charge on any atom is -0.394 e. The van der Waals surface area contributed by atoms with Gasteiger partial charge < -0.3 is 15.5 Å². The zero-order valence-corrected chi connectivity index (χ0v) is 9.23. The molecule has 0 aliphatic carbocycles. The Morgan fingerprint density at radius 3 is 2.59 bits per heavy atom. The standard InChI is InChI=1S/C13H14FNO2/c14-11-3-1-10-6-12(4-2-9(10)5-11)15-7-13(17)8-16/h1-6,13,15-17H,7-8H2. The summed E-state index contributed by atoms with van der Waals surface area (Å²) in [5.41, 5.74) is 0.830. The van der Waals surface area contributed by atoms with Crippen molar-refractivity contribution < 1.29 is 14.6 Å². The maximum absolute atomic E-state index is 13.0. The zero-order chi connectivity index (χ0) is 12.3. The number of aliphatic hydroxyl groups is 2. The van der Waals surface area contributed by atoms with Crippen molar-refractivity contribution in [2.75, 3.05) is 18.5 Å². The molecular weight excluding hydrogens is 221 g/mol. The van der Waals surface area contributed by atoms with E-state index in [1.54, 1.807) is 6.07 Å². The number of hydrogen-bond donors (Lipinski definition) is 3. The Kier molecular flexibility index (Phi) is 3.56. The zero-order valence-electron chi connectivity index (χ0n) is 9.23. The molecule has 0 aliphatic rings. The van der Waals surface area contributed by atoms with Gasteiger partial charge in [-0.1, -0.05) is 12.1 Å². The van der Waals surface area contributed by atoms with E-state index in [0.29, 0.717) is 0 Å². The molecule has 1 atom stereocenters. The second-order valence-corrected chi connectivity index (χ2v) is 3.92. The lowest BCUT2D eigenvalue weighted by molar-refractivity contribution is 0.105. The summed E-state index contributed by atoms with van der Waals surface area (Å²) in [7, 11) is 0. The fourth-order valence-electron chi connectivity index (χ4n) is 1.63. The molecule has 0 fully saturated rings. The first kappa shape index (κ1) is 11.8. The third kappa shape index (κ3) is 2.93. The third-order valence-electron chi connectivity index (χ3n) is 2.55. The smallest absolute Gasteiger partial charge is 0.123 e. The second-order valence-electron chi connectivity index (χ2n) is 3.92. The molecule has 2 aromatic rings.